The molecule has 12 aliphatic heterocycles. The van der Waals surface area contributed by atoms with Gasteiger partial charge in [0.2, 0.25) is 0 Å². The summed E-state index contributed by atoms with van der Waals surface area (Å²) >= 11 is 0. The number of hydrogen-bond donors (Lipinski definition) is 0. The van der Waals surface area contributed by atoms with Crippen molar-refractivity contribution in [2.75, 3.05) is 0 Å². The Kier molecular flexibility index (Phi) is 24.9. The maximum absolute atomic E-state index is 11.9. The van der Waals surface area contributed by atoms with E-state index in [9.17, 15) is 9.59 Å². The predicted octanol–water partition coefficient (Wildman–Crippen LogP) is 30.2. The topological polar surface area (TPSA) is 34.1 Å². The molecular weight excluding hydrogens is 1370 g/mol. The molecular formula is C93H163O2P7. The lowest BCUT2D eigenvalue weighted by atomic mass is 9.15. The summed E-state index contributed by atoms with van der Waals surface area (Å²) in [5, 5.41) is 8.47. The fourth-order valence-corrected chi connectivity index (χ4v) is 65.1. The smallest absolute Gasteiger partial charge is 0.133 e. The SMILES string of the molecule is CC(C)(C)P1C(C)(C)CCC(=O)CC1(C)C.CC(C)(C)P1C(C)(C)CCCC(=O)CC1(C)C.CC(C)(C)P1C2(C)C=CC=CC1(C)C=C2.CC(C)(C)P1C2(C)C=CC=CC1(C)CC2.CC(C)(C)P1C2(C)CCCCC1(C)CC2.CC(C)(C)P1C2CCCC1CCC2.CC12PC3(C)C4C5C(C41)C2C53. The highest BCUT2D eigenvalue weighted by atomic mass is 31.1. The fourth-order valence-electron chi connectivity index (χ4n) is 29.1. The highest BCUT2D eigenvalue weighted by Gasteiger charge is 2.98. The van der Waals surface area contributed by atoms with Gasteiger partial charge in [0.25, 0.3) is 0 Å². The molecule has 582 valence electrons. The van der Waals surface area contributed by atoms with Gasteiger partial charge < -0.3 is 0 Å². The first-order chi connectivity index (χ1) is 46.1. The van der Waals surface area contributed by atoms with Crippen molar-refractivity contribution in [3.05, 3.63) is 60.8 Å². The molecule has 0 N–H and O–H groups in total. The molecule has 4 aliphatic carbocycles. The second kappa shape index (κ2) is 29.2. The minimum atomic E-state index is -0.190. The Balaban J connectivity index is 0.000000139. The Labute approximate surface area is 643 Å². The molecule has 9 heteroatoms. The van der Waals surface area contributed by atoms with E-state index in [0.717, 1.165) is 60.2 Å². The number of hydrogen-bond acceptors (Lipinski definition) is 2. The van der Waals surface area contributed by atoms with Gasteiger partial charge in [-0.1, -0.05) is 356 Å². The van der Waals surface area contributed by atoms with Gasteiger partial charge in [0.05, 0.1) is 0 Å². The van der Waals surface area contributed by atoms with Crippen LogP contribution >= 0.6 is 56.1 Å². The van der Waals surface area contributed by atoms with Crippen molar-refractivity contribution >= 4 is 67.7 Å². The summed E-state index contributed by atoms with van der Waals surface area (Å²) in [7, 11) is 1.44. The molecule has 0 spiro atoms. The highest BCUT2D eigenvalue weighted by molar-refractivity contribution is 7.65. The van der Waals surface area contributed by atoms with Crippen molar-refractivity contribution < 1.29 is 9.59 Å². The summed E-state index contributed by atoms with van der Waals surface area (Å²) in [6.07, 6.45) is 51.0. The van der Waals surface area contributed by atoms with E-state index in [1.807, 2.05) is 0 Å². The molecule has 12 atom stereocenters. The Hall–Kier alpha value is 1.05. The maximum atomic E-state index is 11.9. The van der Waals surface area contributed by atoms with E-state index in [0.29, 0.717) is 81.4 Å². The van der Waals surface area contributed by atoms with Gasteiger partial charge in [0.15, 0.2) is 0 Å². The lowest BCUT2D eigenvalue weighted by Gasteiger charge is -2.89. The van der Waals surface area contributed by atoms with E-state index in [4.69, 9.17) is 0 Å². The molecule has 12 unspecified atom stereocenters. The van der Waals surface area contributed by atoms with Crippen LogP contribution in [0.1, 0.15) is 370 Å². The van der Waals surface area contributed by atoms with Crippen LogP contribution in [-0.4, -0.2) is 116 Å². The zero-order valence-electron chi connectivity index (χ0n) is 73.2. The highest BCUT2D eigenvalue weighted by Crippen LogP contribution is 3.03. The number of carbonyl (C=O) groups excluding carboxylic acids is 2. The van der Waals surface area contributed by atoms with Gasteiger partial charge in [-0.2, -0.15) is 0 Å². The zero-order valence-corrected chi connectivity index (χ0v) is 79.6. The van der Waals surface area contributed by atoms with Crippen LogP contribution in [0.15, 0.2) is 60.8 Å². The zero-order chi connectivity index (χ0) is 76.9. The van der Waals surface area contributed by atoms with Crippen LogP contribution in [0.3, 0.4) is 0 Å². The van der Waals surface area contributed by atoms with Crippen LogP contribution < -0.4 is 0 Å². The number of allylic oxidation sites excluding steroid dienone is 10. The van der Waals surface area contributed by atoms with Crippen molar-refractivity contribution in [1.82, 2.24) is 0 Å². The van der Waals surface area contributed by atoms with Crippen LogP contribution in [0.5, 0.6) is 0 Å². The molecule has 0 aromatic carbocycles. The molecule has 0 aromatic rings. The molecule has 0 radical (unpaired) electrons. The molecule has 0 amide bonds. The van der Waals surface area contributed by atoms with Crippen molar-refractivity contribution in [3.8, 4) is 0 Å². The van der Waals surface area contributed by atoms with E-state index in [1.54, 1.807) is 25.7 Å². The van der Waals surface area contributed by atoms with Crippen LogP contribution in [0.4, 0.5) is 0 Å². The Morgan fingerprint density at radius 1 is 0.324 bits per heavy atom. The minimum absolute atomic E-state index is 0.0116. The maximum Gasteiger partial charge on any atom is 0.133 e. The predicted molar refractivity (Wildman–Crippen MR) is 473 cm³/mol. The fraction of sp³-hybridized carbons (Fsp3) is 0.871. The standard InChI is InChI=1S/C15H29OP.C14H27OP.C14H27P.C14H23P.C14H21P.C12H23P.C10H13P/c1-13(2,3)17-14(4,5)10-8-9-12(16)11-15(17,6)7;1-12(2,3)16-13(4,5)9-8-11(15)10-14(16,6)7;3*1-12(2,3)15-13(4)8-6-7-9-14(15,5)11-10-13;1-12(2,3)13-10-6-4-7-11(13)9-5-8-10;1-9-5-3-4-7(5)10(2,11-9)8(4)6(3)9/h8-11H2,1-7H3;8-10H2,1-7H3;6-11H2,1-5H3;6-9H,10-11H2,1-5H3;6-11H,1-5H3;10-11H,4-9H2,1-3H3;3-8,11H,1-2H3. The van der Waals surface area contributed by atoms with E-state index >= 15 is 0 Å². The minimum Gasteiger partial charge on any atom is -0.300 e. The first-order valence-electron chi connectivity index (χ1n) is 42.1. The lowest BCUT2D eigenvalue weighted by molar-refractivity contribution is -0.385. The molecule has 4 saturated carbocycles. The summed E-state index contributed by atoms with van der Waals surface area (Å²) in [5.74, 6) is 8.46. The number of rotatable bonds is 0. The van der Waals surface area contributed by atoms with Gasteiger partial charge in [0, 0.05) is 46.3 Å². The van der Waals surface area contributed by atoms with Crippen molar-refractivity contribution in [1.29, 1.82) is 0 Å². The van der Waals surface area contributed by atoms with Crippen LogP contribution in [0.2, 0.25) is 0 Å². The summed E-state index contributed by atoms with van der Waals surface area (Å²) in [5.41, 5.74) is 2.28. The molecule has 16 aliphatic rings. The summed E-state index contributed by atoms with van der Waals surface area (Å²) in [4.78, 5) is 23.8. The molecule has 0 aromatic heterocycles. The number of fused-ring (bicyclic) bond motifs is 8. The summed E-state index contributed by atoms with van der Waals surface area (Å²) in [6, 6.07) is 0. The van der Waals surface area contributed by atoms with Crippen LogP contribution in [-0.2, 0) is 9.59 Å². The average molecular weight is 1530 g/mol. The molecule has 13 fully saturated rings. The molecule has 9 saturated heterocycles. The first-order valence-corrected chi connectivity index (χ1v) is 51.3. The summed E-state index contributed by atoms with van der Waals surface area (Å²) in [6.45, 7) is 82.4. The van der Waals surface area contributed by atoms with Gasteiger partial charge in [-0.15, -0.1) is 8.58 Å². The van der Waals surface area contributed by atoms with Gasteiger partial charge in [-0.3, -0.25) is 9.59 Å². The molecule has 16 rings (SSSR count). The average Bonchev–Trinajstić information content (AvgIpc) is 1.37. The quantitative estimate of drug-likeness (QED) is 0.179. The normalized spacial score (nSPS) is 45.2. The third kappa shape index (κ3) is 16.7. The van der Waals surface area contributed by atoms with E-state index in [-0.39, 0.29) is 60.2 Å². The largest absolute Gasteiger partial charge is 0.300 e. The third-order valence-electron chi connectivity index (χ3n) is 29.0. The second-order valence-electron chi connectivity index (χ2n) is 46.4. The number of carbonyl (C=O) groups is 2. The van der Waals surface area contributed by atoms with Gasteiger partial charge >= 0.3 is 0 Å². The number of Topliss-reactive ketones (excluding diaryl/α,β-unsaturated/α-hetero) is 2. The third-order valence-corrected chi connectivity index (χ3v) is 56.3. The monoisotopic (exact) mass is 1530 g/mol. The summed E-state index contributed by atoms with van der Waals surface area (Å²) < 4.78 is 0. The van der Waals surface area contributed by atoms with Gasteiger partial charge in [-0.25, -0.2) is 0 Å². The van der Waals surface area contributed by atoms with Crippen molar-refractivity contribution in [3.63, 3.8) is 0 Å². The molecule has 10 bridgehead atoms. The van der Waals surface area contributed by atoms with E-state index in [2.05, 4.69) is 296 Å². The first kappa shape index (κ1) is 87.0. The van der Waals surface area contributed by atoms with E-state index in [1.165, 1.54) is 115 Å². The Morgan fingerprint density at radius 2 is 0.657 bits per heavy atom. The van der Waals surface area contributed by atoms with Crippen molar-refractivity contribution in [2.45, 2.75) is 474 Å². The van der Waals surface area contributed by atoms with Crippen LogP contribution in [0.25, 0.3) is 0 Å². The number of ketones is 2. The van der Waals surface area contributed by atoms with E-state index < -0.39 is 0 Å². The molecule has 102 heavy (non-hydrogen) atoms. The molecule has 12 heterocycles. The molecule has 2 nitrogen and oxygen atoms in total. The Morgan fingerprint density at radius 3 is 0.980 bits per heavy atom. The lowest BCUT2D eigenvalue weighted by Crippen LogP contribution is -2.90. The Bertz CT molecular complexity index is 3000. The van der Waals surface area contributed by atoms with Crippen LogP contribution in [0, 0.1) is 35.5 Å². The van der Waals surface area contributed by atoms with Crippen molar-refractivity contribution in [2.24, 2.45) is 35.5 Å². The van der Waals surface area contributed by atoms with Gasteiger partial charge in [0.1, 0.15) is 11.6 Å². The second-order valence-corrected chi connectivity index (χ2v) is 73.5. The van der Waals surface area contributed by atoms with Gasteiger partial charge in [-0.05, 0) is 216 Å².